The second-order valence-electron chi connectivity index (χ2n) is 8.99. The molecule has 36 heavy (non-hydrogen) atoms. The van der Waals surface area contributed by atoms with Crippen LogP contribution in [0, 0.1) is 22.9 Å². The number of pyridine rings is 1. The summed E-state index contributed by atoms with van der Waals surface area (Å²) in [7, 11) is 1.49. The van der Waals surface area contributed by atoms with Gasteiger partial charge in [0, 0.05) is 34.7 Å². The highest BCUT2D eigenvalue weighted by molar-refractivity contribution is 7.99. The van der Waals surface area contributed by atoms with Crippen LogP contribution in [-0.4, -0.2) is 58.6 Å². The van der Waals surface area contributed by atoms with Crippen LogP contribution in [0.4, 0.5) is 13.2 Å². The number of aliphatic hydroxyl groups excluding tert-OH is 1. The Hall–Kier alpha value is -2.82. The number of aromatic nitrogens is 1. The van der Waals surface area contributed by atoms with E-state index in [1.807, 2.05) is 4.90 Å². The number of carboxylic acid groups (broad SMARTS) is 1. The summed E-state index contributed by atoms with van der Waals surface area (Å²) < 4.78 is 47.2. The Morgan fingerprint density at radius 3 is 2.78 bits per heavy atom. The molecule has 1 saturated heterocycles. The quantitative estimate of drug-likeness (QED) is 0.362. The van der Waals surface area contributed by atoms with E-state index in [4.69, 9.17) is 4.74 Å². The zero-order valence-corrected chi connectivity index (χ0v) is 20.5. The van der Waals surface area contributed by atoms with Gasteiger partial charge in [-0.05, 0) is 62.2 Å². The second-order valence-corrected chi connectivity index (χ2v) is 10.1. The minimum atomic E-state index is -1.22. The Balaban J connectivity index is 1.41. The molecule has 0 saturated carbocycles. The summed E-state index contributed by atoms with van der Waals surface area (Å²) in [6.45, 7) is 1.29. The van der Waals surface area contributed by atoms with E-state index in [1.165, 1.54) is 18.9 Å². The Bertz CT molecular complexity index is 1260. The average Bonchev–Trinajstić information content (AvgIpc) is 3.29. The standard InChI is InChI=1S/C26H27F3N2O4S/c1-35-17-3-5-21-18(13-17)24(20(29)14-30-21)22(32)6-7-26(25(33)34)8-9-31(15-26)10-11-36-23-12-16(27)2-4-19(23)28/h2-5,12-14,22,32H,6-11,15H2,1H3,(H,33,34). The van der Waals surface area contributed by atoms with Crippen LogP contribution in [0.1, 0.15) is 30.9 Å². The molecule has 2 aromatic carbocycles. The topological polar surface area (TPSA) is 82.9 Å². The highest BCUT2D eigenvalue weighted by atomic mass is 32.2. The van der Waals surface area contributed by atoms with Gasteiger partial charge in [-0.2, -0.15) is 0 Å². The fourth-order valence-electron chi connectivity index (χ4n) is 4.70. The zero-order chi connectivity index (χ0) is 25.9. The van der Waals surface area contributed by atoms with E-state index < -0.39 is 34.9 Å². The summed E-state index contributed by atoms with van der Waals surface area (Å²) in [5.41, 5.74) is -0.520. The summed E-state index contributed by atoms with van der Waals surface area (Å²) in [5.74, 6) is -1.68. The van der Waals surface area contributed by atoms with Crippen molar-refractivity contribution >= 4 is 28.6 Å². The number of hydrogen-bond acceptors (Lipinski definition) is 6. The van der Waals surface area contributed by atoms with Gasteiger partial charge in [-0.1, -0.05) is 0 Å². The predicted molar refractivity (Wildman–Crippen MR) is 131 cm³/mol. The van der Waals surface area contributed by atoms with E-state index in [0.717, 1.165) is 24.4 Å². The van der Waals surface area contributed by atoms with Crippen molar-refractivity contribution in [3.63, 3.8) is 0 Å². The molecule has 1 aliphatic heterocycles. The lowest BCUT2D eigenvalue weighted by atomic mass is 9.80. The number of carbonyl (C=O) groups is 1. The fourth-order valence-corrected chi connectivity index (χ4v) is 5.67. The number of carboxylic acids is 1. The van der Waals surface area contributed by atoms with Crippen molar-refractivity contribution in [1.82, 2.24) is 9.88 Å². The highest BCUT2D eigenvalue weighted by Gasteiger charge is 2.44. The molecule has 0 aliphatic carbocycles. The summed E-state index contributed by atoms with van der Waals surface area (Å²) in [6, 6.07) is 8.26. The summed E-state index contributed by atoms with van der Waals surface area (Å²) in [5, 5.41) is 21.4. The van der Waals surface area contributed by atoms with E-state index >= 15 is 0 Å². The average molecular weight is 521 g/mol. The smallest absolute Gasteiger partial charge is 0.310 e. The largest absolute Gasteiger partial charge is 0.497 e. The number of likely N-dealkylation sites (tertiary alicyclic amines) is 1. The molecule has 2 N–H and O–H groups in total. The third-order valence-corrected chi connectivity index (χ3v) is 7.75. The second kappa shape index (κ2) is 11.1. The van der Waals surface area contributed by atoms with Crippen LogP contribution in [0.5, 0.6) is 5.75 Å². The first-order valence-electron chi connectivity index (χ1n) is 11.6. The van der Waals surface area contributed by atoms with Crippen molar-refractivity contribution in [2.45, 2.75) is 30.3 Å². The summed E-state index contributed by atoms with van der Waals surface area (Å²) >= 11 is 1.18. The van der Waals surface area contributed by atoms with Crippen molar-refractivity contribution in [2.75, 3.05) is 32.5 Å². The van der Waals surface area contributed by atoms with Gasteiger partial charge >= 0.3 is 5.97 Å². The van der Waals surface area contributed by atoms with Crippen molar-refractivity contribution in [1.29, 1.82) is 0 Å². The molecule has 10 heteroatoms. The molecule has 0 spiro atoms. The number of ether oxygens (including phenoxy) is 1. The van der Waals surface area contributed by atoms with Crippen molar-refractivity contribution in [2.24, 2.45) is 5.41 Å². The van der Waals surface area contributed by atoms with Gasteiger partial charge in [0.05, 0.1) is 30.3 Å². The number of halogens is 3. The molecule has 0 amide bonds. The van der Waals surface area contributed by atoms with E-state index in [9.17, 15) is 28.2 Å². The SMILES string of the molecule is COc1ccc2ncc(F)c(C(O)CCC3(C(=O)O)CCN(CCSc4cc(F)ccc4F)C3)c2c1. The number of benzene rings is 2. The van der Waals surface area contributed by atoms with Gasteiger partial charge in [0.2, 0.25) is 0 Å². The molecule has 4 rings (SSSR count). The highest BCUT2D eigenvalue weighted by Crippen LogP contribution is 2.39. The lowest BCUT2D eigenvalue weighted by Gasteiger charge is -2.26. The van der Waals surface area contributed by atoms with E-state index in [1.54, 1.807) is 18.2 Å². The molecule has 1 aromatic heterocycles. The fraction of sp³-hybridized carbons (Fsp3) is 0.385. The predicted octanol–water partition coefficient (Wildman–Crippen LogP) is 5.04. The number of methoxy groups -OCH3 is 1. The van der Waals surface area contributed by atoms with Crippen LogP contribution in [0.3, 0.4) is 0 Å². The third kappa shape index (κ3) is 5.61. The van der Waals surface area contributed by atoms with E-state index in [0.29, 0.717) is 41.9 Å². The number of hydrogen-bond donors (Lipinski definition) is 2. The monoisotopic (exact) mass is 520 g/mol. The number of thioether (sulfide) groups is 1. The molecule has 2 heterocycles. The maximum atomic E-state index is 14.7. The van der Waals surface area contributed by atoms with Crippen molar-refractivity contribution < 1.29 is 32.9 Å². The van der Waals surface area contributed by atoms with Crippen molar-refractivity contribution in [3.8, 4) is 5.75 Å². The van der Waals surface area contributed by atoms with Crippen LogP contribution < -0.4 is 4.74 Å². The maximum absolute atomic E-state index is 14.7. The maximum Gasteiger partial charge on any atom is 0.310 e. The third-order valence-electron chi connectivity index (χ3n) is 6.74. The molecule has 2 unspecified atom stereocenters. The van der Waals surface area contributed by atoms with Gasteiger partial charge in [-0.15, -0.1) is 11.8 Å². The zero-order valence-electron chi connectivity index (χ0n) is 19.7. The minimum Gasteiger partial charge on any atom is -0.497 e. The molecule has 3 aromatic rings. The van der Waals surface area contributed by atoms with Crippen LogP contribution in [0.25, 0.3) is 10.9 Å². The lowest BCUT2D eigenvalue weighted by Crippen LogP contribution is -2.35. The Labute approximate surface area is 211 Å². The molecule has 6 nitrogen and oxygen atoms in total. The lowest BCUT2D eigenvalue weighted by molar-refractivity contribution is -0.149. The van der Waals surface area contributed by atoms with Gasteiger partial charge < -0.3 is 19.8 Å². The molecule has 0 radical (unpaired) electrons. The molecule has 192 valence electrons. The Kier molecular flexibility index (Phi) is 8.07. The van der Waals surface area contributed by atoms with Gasteiger partial charge in [-0.25, -0.2) is 13.2 Å². The molecule has 1 fully saturated rings. The Morgan fingerprint density at radius 1 is 1.22 bits per heavy atom. The first-order valence-corrected chi connectivity index (χ1v) is 12.5. The molecular weight excluding hydrogens is 493 g/mol. The first kappa shape index (κ1) is 26.2. The number of aliphatic hydroxyl groups is 1. The number of aliphatic carboxylic acids is 1. The number of rotatable bonds is 10. The van der Waals surface area contributed by atoms with Crippen LogP contribution in [0.15, 0.2) is 47.5 Å². The molecular formula is C26H27F3N2O4S. The molecule has 0 bridgehead atoms. The minimum absolute atomic E-state index is 0.0522. The van der Waals surface area contributed by atoms with Gasteiger partial charge in [0.1, 0.15) is 23.2 Å². The van der Waals surface area contributed by atoms with Gasteiger partial charge in [-0.3, -0.25) is 9.78 Å². The normalized spacial score (nSPS) is 19.0. The number of fused-ring (bicyclic) bond motifs is 1. The van der Waals surface area contributed by atoms with Crippen LogP contribution in [0.2, 0.25) is 0 Å². The van der Waals surface area contributed by atoms with E-state index in [-0.39, 0.29) is 29.8 Å². The summed E-state index contributed by atoms with van der Waals surface area (Å²) in [4.78, 5) is 18.5. The molecule has 2 atom stereocenters. The van der Waals surface area contributed by atoms with E-state index in [2.05, 4.69) is 4.98 Å². The van der Waals surface area contributed by atoms with Gasteiger partial charge in [0.15, 0.2) is 0 Å². The summed E-state index contributed by atoms with van der Waals surface area (Å²) in [6.07, 6.45) is 0.410. The number of nitrogens with zero attached hydrogens (tertiary/aromatic N) is 2. The Morgan fingerprint density at radius 2 is 2.03 bits per heavy atom. The van der Waals surface area contributed by atoms with Crippen molar-refractivity contribution in [3.05, 3.63) is 65.6 Å². The first-order chi connectivity index (χ1) is 17.2. The molecule has 1 aliphatic rings. The van der Waals surface area contributed by atoms with Crippen LogP contribution in [-0.2, 0) is 4.79 Å². The van der Waals surface area contributed by atoms with Crippen LogP contribution >= 0.6 is 11.8 Å². The van der Waals surface area contributed by atoms with Gasteiger partial charge in [0.25, 0.3) is 0 Å².